The molecule has 0 unspecified atom stereocenters. The minimum Gasteiger partial charge on any atom is -0.334 e. The highest BCUT2D eigenvalue weighted by molar-refractivity contribution is 7.14. The smallest absolute Gasteiger partial charge is 0.319 e. The number of fused-ring (bicyclic) bond motifs is 1. The number of anilines is 1. The van der Waals surface area contributed by atoms with Crippen LogP contribution < -0.4 is 10.6 Å². The summed E-state index contributed by atoms with van der Waals surface area (Å²) in [6.45, 7) is 2.15. The third-order valence-electron chi connectivity index (χ3n) is 4.95. The molecule has 2 N–H and O–H groups in total. The number of rotatable bonds is 4. The summed E-state index contributed by atoms with van der Waals surface area (Å²) in [4.78, 5) is 13.8. The first-order valence-electron chi connectivity index (χ1n) is 9.19. The number of nitrogens with one attached hydrogen (secondary N) is 2. The minimum absolute atomic E-state index is 0.324. The number of amides is 2. The molecule has 3 aromatic rings. The van der Waals surface area contributed by atoms with Gasteiger partial charge in [0, 0.05) is 35.1 Å². The molecule has 1 aliphatic carbocycles. The Morgan fingerprint density at radius 1 is 1.22 bits per heavy atom. The molecule has 2 heterocycles. The van der Waals surface area contributed by atoms with Crippen LogP contribution in [0, 0.1) is 12.7 Å². The number of hydrogen-bond acceptors (Lipinski definition) is 2. The van der Waals surface area contributed by atoms with E-state index in [0.29, 0.717) is 17.8 Å². The highest BCUT2D eigenvalue weighted by Gasteiger charge is 2.21. The molecule has 6 heteroatoms. The van der Waals surface area contributed by atoms with Gasteiger partial charge in [0.15, 0.2) is 0 Å². The number of halogens is 1. The number of benzene rings is 1. The van der Waals surface area contributed by atoms with Crippen LogP contribution in [-0.4, -0.2) is 10.6 Å². The van der Waals surface area contributed by atoms with Crippen LogP contribution in [0.3, 0.4) is 0 Å². The Balaban J connectivity index is 1.51. The molecule has 0 spiro atoms. The van der Waals surface area contributed by atoms with E-state index in [9.17, 15) is 9.18 Å². The SMILES string of the molecule is Cc1ccc(NC(=O)NCc2c(-n3cccc3)sc3c2CCCC3)cc1F. The van der Waals surface area contributed by atoms with Gasteiger partial charge in [0.25, 0.3) is 0 Å². The molecule has 2 amide bonds. The van der Waals surface area contributed by atoms with E-state index in [1.54, 1.807) is 19.1 Å². The second-order valence-electron chi connectivity index (χ2n) is 6.86. The summed E-state index contributed by atoms with van der Waals surface area (Å²) >= 11 is 1.82. The summed E-state index contributed by atoms with van der Waals surface area (Å²) in [6.07, 6.45) is 8.67. The van der Waals surface area contributed by atoms with Crippen molar-refractivity contribution in [2.45, 2.75) is 39.2 Å². The number of thiophene rings is 1. The van der Waals surface area contributed by atoms with Crippen molar-refractivity contribution in [1.82, 2.24) is 9.88 Å². The number of carbonyl (C=O) groups is 1. The maximum atomic E-state index is 13.7. The zero-order valence-electron chi connectivity index (χ0n) is 15.2. The fraction of sp³-hybridized carbons (Fsp3) is 0.286. The lowest BCUT2D eigenvalue weighted by Gasteiger charge is -2.14. The average Bonchev–Trinajstić information content (AvgIpc) is 3.30. The molecule has 0 saturated carbocycles. The van der Waals surface area contributed by atoms with Gasteiger partial charge in [-0.05, 0) is 68.0 Å². The Labute approximate surface area is 162 Å². The number of nitrogens with zero attached hydrogens (tertiary/aromatic N) is 1. The molecule has 0 saturated heterocycles. The first-order chi connectivity index (χ1) is 13.1. The van der Waals surface area contributed by atoms with Crippen molar-refractivity contribution in [3.05, 3.63) is 70.1 Å². The van der Waals surface area contributed by atoms with Crippen LogP contribution >= 0.6 is 11.3 Å². The maximum absolute atomic E-state index is 13.7. The van der Waals surface area contributed by atoms with Crippen molar-refractivity contribution in [3.8, 4) is 5.00 Å². The standard InChI is InChI=1S/C21H22FN3OS/c1-14-8-9-15(12-18(14)22)24-21(26)23-13-17-16-6-2-3-7-19(16)27-20(17)25-10-4-5-11-25/h4-5,8-12H,2-3,6-7,13H2,1H3,(H2,23,24,26). The summed E-state index contributed by atoms with van der Waals surface area (Å²) in [5.74, 6) is -0.324. The molecule has 0 fully saturated rings. The van der Waals surface area contributed by atoms with Crippen LogP contribution in [0.4, 0.5) is 14.9 Å². The van der Waals surface area contributed by atoms with Crippen molar-refractivity contribution >= 4 is 23.1 Å². The van der Waals surface area contributed by atoms with Crippen LogP contribution in [0.5, 0.6) is 0 Å². The molecule has 1 aromatic carbocycles. The third-order valence-corrected chi connectivity index (χ3v) is 6.30. The number of hydrogen-bond donors (Lipinski definition) is 2. The normalized spacial score (nSPS) is 13.3. The molecule has 4 nitrogen and oxygen atoms in total. The average molecular weight is 383 g/mol. The number of aryl methyl sites for hydroxylation is 2. The van der Waals surface area contributed by atoms with E-state index in [-0.39, 0.29) is 11.8 Å². The lowest BCUT2D eigenvalue weighted by Crippen LogP contribution is -2.29. The van der Waals surface area contributed by atoms with E-state index >= 15 is 0 Å². The zero-order valence-corrected chi connectivity index (χ0v) is 16.0. The van der Waals surface area contributed by atoms with E-state index in [1.807, 2.05) is 35.9 Å². The van der Waals surface area contributed by atoms with Crippen LogP contribution in [0.25, 0.3) is 5.00 Å². The lowest BCUT2D eigenvalue weighted by molar-refractivity contribution is 0.251. The largest absolute Gasteiger partial charge is 0.334 e. The number of aromatic nitrogens is 1. The molecule has 1 aliphatic rings. The van der Waals surface area contributed by atoms with E-state index in [1.165, 1.54) is 39.9 Å². The van der Waals surface area contributed by atoms with Gasteiger partial charge in [-0.15, -0.1) is 11.3 Å². The molecule has 0 atom stereocenters. The molecule has 27 heavy (non-hydrogen) atoms. The van der Waals surface area contributed by atoms with Crippen molar-refractivity contribution in [2.24, 2.45) is 0 Å². The van der Waals surface area contributed by atoms with Gasteiger partial charge in [-0.2, -0.15) is 0 Å². The highest BCUT2D eigenvalue weighted by atomic mass is 32.1. The minimum atomic E-state index is -0.326. The lowest BCUT2D eigenvalue weighted by atomic mass is 9.95. The predicted molar refractivity (Wildman–Crippen MR) is 107 cm³/mol. The molecular weight excluding hydrogens is 361 g/mol. The van der Waals surface area contributed by atoms with Crippen LogP contribution in [0.2, 0.25) is 0 Å². The Bertz CT molecular complexity index is 962. The monoisotopic (exact) mass is 383 g/mol. The van der Waals surface area contributed by atoms with Gasteiger partial charge >= 0.3 is 6.03 Å². The molecule has 2 aromatic heterocycles. The third kappa shape index (κ3) is 3.76. The van der Waals surface area contributed by atoms with Gasteiger partial charge < -0.3 is 15.2 Å². The van der Waals surface area contributed by atoms with Gasteiger partial charge in [-0.25, -0.2) is 9.18 Å². The molecule has 140 valence electrons. The van der Waals surface area contributed by atoms with E-state index < -0.39 is 0 Å². The maximum Gasteiger partial charge on any atom is 0.319 e. The van der Waals surface area contributed by atoms with Gasteiger partial charge in [0.1, 0.15) is 10.8 Å². The highest BCUT2D eigenvalue weighted by Crippen LogP contribution is 2.36. The van der Waals surface area contributed by atoms with Crippen LogP contribution in [0.1, 0.15) is 34.4 Å². The van der Waals surface area contributed by atoms with Crippen LogP contribution in [-0.2, 0) is 19.4 Å². The van der Waals surface area contributed by atoms with Crippen LogP contribution in [0.15, 0.2) is 42.7 Å². The summed E-state index contributed by atoms with van der Waals surface area (Å²) < 4.78 is 15.8. The fourth-order valence-corrected chi connectivity index (χ4v) is 4.87. The first kappa shape index (κ1) is 17.8. The molecule has 0 radical (unpaired) electrons. The number of urea groups is 1. The summed E-state index contributed by atoms with van der Waals surface area (Å²) in [5, 5.41) is 6.83. The van der Waals surface area contributed by atoms with Gasteiger partial charge in [-0.3, -0.25) is 0 Å². The number of carbonyl (C=O) groups excluding carboxylic acids is 1. The Morgan fingerprint density at radius 3 is 2.78 bits per heavy atom. The Hall–Kier alpha value is -2.60. The van der Waals surface area contributed by atoms with Crippen molar-refractivity contribution in [2.75, 3.05) is 5.32 Å². The quantitative estimate of drug-likeness (QED) is 0.640. The van der Waals surface area contributed by atoms with Gasteiger partial charge in [0.2, 0.25) is 0 Å². The first-order valence-corrected chi connectivity index (χ1v) is 10.0. The molecular formula is C21H22FN3OS. The molecule has 0 aliphatic heterocycles. The summed E-state index contributed by atoms with van der Waals surface area (Å²) in [6, 6.07) is 8.39. The second-order valence-corrected chi connectivity index (χ2v) is 7.94. The van der Waals surface area contributed by atoms with Crippen molar-refractivity contribution < 1.29 is 9.18 Å². The zero-order chi connectivity index (χ0) is 18.8. The summed E-state index contributed by atoms with van der Waals surface area (Å²) in [5.41, 5.74) is 3.59. The van der Waals surface area contributed by atoms with Crippen molar-refractivity contribution in [3.63, 3.8) is 0 Å². The summed E-state index contributed by atoms with van der Waals surface area (Å²) in [7, 11) is 0. The Morgan fingerprint density at radius 2 is 2.00 bits per heavy atom. The fourth-order valence-electron chi connectivity index (χ4n) is 3.49. The molecule has 4 rings (SSSR count). The van der Waals surface area contributed by atoms with Gasteiger partial charge in [-0.1, -0.05) is 6.07 Å². The Kier molecular flexibility index (Phi) is 4.99. The van der Waals surface area contributed by atoms with Crippen molar-refractivity contribution in [1.29, 1.82) is 0 Å². The topological polar surface area (TPSA) is 46.1 Å². The van der Waals surface area contributed by atoms with E-state index in [0.717, 1.165) is 12.8 Å². The van der Waals surface area contributed by atoms with E-state index in [2.05, 4.69) is 15.2 Å². The van der Waals surface area contributed by atoms with Gasteiger partial charge in [0.05, 0.1) is 0 Å². The van der Waals surface area contributed by atoms with E-state index in [4.69, 9.17) is 0 Å². The predicted octanol–water partition coefficient (Wildman–Crippen LogP) is 5.19. The second kappa shape index (κ2) is 7.56. The molecule has 0 bridgehead atoms.